The highest BCUT2D eigenvalue weighted by Gasteiger charge is 2.17. The first kappa shape index (κ1) is 17.4. The molecule has 1 N–H and O–H groups in total. The van der Waals surface area contributed by atoms with E-state index in [-0.39, 0.29) is 22.0 Å². The van der Waals surface area contributed by atoms with Crippen LogP contribution in [0.1, 0.15) is 10.4 Å². The van der Waals surface area contributed by atoms with Crippen molar-refractivity contribution in [3.05, 3.63) is 69.0 Å². The van der Waals surface area contributed by atoms with Gasteiger partial charge in [0.25, 0.3) is 11.6 Å². The Balaban J connectivity index is 1.99. The van der Waals surface area contributed by atoms with Crippen LogP contribution in [0.25, 0.3) is 0 Å². The lowest BCUT2D eigenvalue weighted by molar-refractivity contribution is -0.383. The number of benzene rings is 2. The van der Waals surface area contributed by atoms with Gasteiger partial charge in [-0.05, 0) is 36.4 Å². The molecule has 7 nitrogen and oxygen atoms in total. The third-order valence-corrected chi connectivity index (χ3v) is 3.08. The van der Waals surface area contributed by atoms with Gasteiger partial charge >= 0.3 is 5.97 Å². The molecule has 2 rings (SSSR count). The summed E-state index contributed by atoms with van der Waals surface area (Å²) in [6.07, 6.45) is 0. The fourth-order valence-electron chi connectivity index (χ4n) is 1.75. The average Bonchev–Trinajstić information content (AvgIpc) is 2.53. The second-order valence-electron chi connectivity index (χ2n) is 4.55. The Kier molecular flexibility index (Phi) is 5.43. The molecule has 1 amide bonds. The van der Waals surface area contributed by atoms with Crippen molar-refractivity contribution in [2.75, 3.05) is 11.9 Å². The zero-order valence-corrected chi connectivity index (χ0v) is 12.7. The van der Waals surface area contributed by atoms with E-state index in [1.54, 1.807) is 0 Å². The van der Waals surface area contributed by atoms with E-state index < -0.39 is 29.2 Å². The summed E-state index contributed by atoms with van der Waals surface area (Å²) in [6, 6.07) is 8.22. The van der Waals surface area contributed by atoms with E-state index in [0.29, 0.717) is 0 Å². The minimum absolute atomic E-state index is 0.0675. The van der Waals surface area contributed by atoms with Crippen molar-refractivity contribution in [3.8, 4) is 0 Å². The smallest absolute Gasteiger partial charge is 0.338 e. The lowest BCUT2D eigenvalue weighted by Gasteiger charge is -2.07. The Morgan fingerprint density at radius 3 is 2.50 bits per heavy atom. The molecule has 0 aliphatic heterocycles. The first-order valence-corrected chi connectivity index (χ1v) is 6.91. The maximum absolute atomic E-state index is 12.8. The number of nitro benzene ring substituents is 1. The molecule has 124 valence electrons. The Bertz CT molecular complexity index is 795. The molecular weight excluding hydrogens is 343 g/mol. The highest BCUT2D eigenvalue weighted by Crippen LogP contribution is 2.27. The van der Waals surface area contributed by atoms with E-state index in [0.717, 1.165) is 18.2 Å². The molecule has 0 aromatic heterocycles. The number of nitrogens with one attached hydrogen (secondary N) is 1. The zero-order chi connectivity index (χ0) is 17.7. The number of halogens is 2. The van der Waals surface area contributed by atoms with Crippen LogP contribution >= 0.6 is 11.6 Å². The average molecular weight is 353 g/mol. The largest absolute Gasteiger partial charge is 0.452 e. The number of amides is 1. The van der Waals surface area contributed by atoms with Crippen molar-refractivity contribution >= 4 is 34.9 Å². The normalized spacial score (nSPS) is 10.1. The number of anilines is 1. The second-order valence-corrected chi connectivity index (χ2v) is 4.99. The zero-order valence-electron chi connectivity index (χ0n) is 12.0. The first-order chi connectivity index (χ1) is 11.4. The van der Waals surface area contributed by atoms with Crippen molar-refractivity contribution in [1.82, 2.24) is 0 Å². The summed E-state index contributed by atoms with van der Waals surface area (Å²) in [5, 5.41) is 13.3. The molecule has 0 saturated carbocycles. The molecule has 2 aromatic rings. The Morgan fingerprint density at radius 1 is 1.21 bits per heavy atom. The fourth-order valence-corrected chi connectivity index (χ4v) is 1.93. The first-order valence-electron chi connectivity index (χ1n) is 6.53. The number of hydrogen-bond acceptors (Lipinski definition) is 5. The van der Waals surface area contributed by atoms with E-state index in [4.69, 9.17) is 16.3 Å². The predicted octanol–water partition coefficient (Wildman–Crippen LogP) is 3.18. The predicted molar refractivity (Wildman–Crippen MR) is 83.4 cm³/mol. The highest BCUT2D eigenvalue weighted by molar-refractivity contribution is 6.31. The van der Waals surface area contributed by atoms with Crippen LogP contribution < -0.4 is 5.32 Å². The molecular formula is C15H10ClFN2O5. The summed E-state index contributed by atoms with van der Waals surface area (Å²) in [7, 11) is 0. The van der Waals surface area contributed by atoms with Gasteiger partial charge in [-0.25, -0.2) is 9.18 Å². The fraction of sp³-hybridized carbons (Fsp3) is 0.0667. The molecule has 0 aliphatic rings. The number of rotatable bonds is 5. The van der Waals surface area contributed by atoms with Crippen LogP contribution in [0.3, 0.4) is 0 Å². The van der Waals surface area contributed by atoms with E-state index in [2.05, 4.69) is 5.32 Å². The number of hydrogen-bond donors (Lipinski definition) is 1. The van der Waals surface area contributed by atoms with Crippen LogP contribution in [0, 0.1) is 15.9 Å². The number of nitro groups is 1. The van der Waals surface area contributed by atoms with Crippen molar-refractivity contribution in [2.24, 2.45) is 0 Å². The summed E-state index contributed by atoms with van der Waals surface area (Å²) in [5.74, 6) is -2.13. The number of nitrogens with zero attached hydrogens (tertiary/aromatic N) is 1. The van der Waals surface area contributed by atoms with Crippen LogP contribution in [0.15, 0.2) is 42.5 Å². The van der Waals surface area contributed by atoms with Gasteiger partial charge in [0.2, 0.25) is 0 Å². The summed E-state index contributed by atoms with van der Waals surface area (Å²) in [5.41, 5.74) is -0.397. The molecule has 0 atom stereocenters. The van der Waals surface area contributed by atoms with Crippen LogP contribution in [-0.4, -0.2) is 23.4 Å². The number of ether oxygens (including phenoxy) is 1. The minimum Gasteiger partial charge on any atom is -0.452 e. The standard InChI is InChI=1S/C15H10ClFN2O5/c16-10-3-6-13(19(22)23)12(7-10)18-14(20)8-24-15(21)9-1-4-11(17)5-2-9/h1-7H,8H2,(H,18,20). The van der Waals surface area contributed by atoms with Gasteiger partial charge in [-0.1, -0.05) is 11.6 Å². The quantitative estimate of drug-likeness (QED) is 0.506. The van der Waals surface area contributed by atoms with Crippen molar-refractivity contribution < 1.29 is 23.6 Å². The van der Waals surface area contributed by atoms with Crippen LogP contribution in [0.5, 0.6) is 0 Å². The Hall–Kier alpha value is -3.00. The van der Waals surface area contributed by atoms with Crippen molar-refractivity contribution in [3.63, 3.8) is 0 Å². The van der Waals surface area contributed by atoms with Crippen LogP contribution in [0.4, 0.5) is 15.8 Å². The van der Waals surface area contributed by atoms with Crippen LogP contribution in [0.2, 0.25) is 5.02 Å². The third kappa shape index (κ3) is 4.50. The molecule has 0 aliphatic carbocycles. The molecule has 9 heteroatoms. The van der Waals surface area contributed by atoms with Gasteiger partial charge < -0.3 is 10.1 Å². The topological polar surface area (TPSA) is 98.5 Å². The molecule has 0 radical (unpaired) electrons. The summed E-state index contributed by atoms with van der Waals surface area (Å²) < 4.78 is 17.5. The number of carbonyl (C=O) groups is 2. The summed E-state index contributed by atoms with van der Waals surface area (Å²) in [4.78, 5) is 33.7. The van der Waals surface area contributed by atoms with Crippen molar-refractivity contribution in [1.29, 1.82) is 0 Å². The van der Waals surface area contributed by atoms with Gasteiger partial charge in [-0.2, -0.15) is 0 Å². The minimum atomic E-state index is -0.828. The van der Waals surface area contributed by atoms with Gasteiger partial charge in [-0.15, -0.1) is 0 Å². The Labute approximate surface area is 140 Å². The molecule has 0 fully saturated rings. The van der Waals surface area contributed by atoms with Crippen LogP contribution in [-0.2, 0) is 9.53 Å². The van der Waals surface area contributed by atoms with E-state index in [1.807, 2.05) is 0 Å². The highest BCUT2D eigenvalue weighted by atomic mass is 35.5. The van der Waals surface area contributed by atoms with E-state index in [1.165, 1.54) is 24.3 Å². The summed E-state index contributed by atoms with van der Waals surface area (Å²) in [6.45, 7) is -0.667. The maximum atomic E-state index is 12.8. The molecule has 0 bridgehead atoms. The SMILES string of the molecule is O=C(COC(=O)c1ccc(F)cc1)Nc1cc(Cl)ccc1[N+](=O)[O-]. The third-order valence-electron chi connectivity index (χ3n) is 2.84. The summed E-state index contributed by atoms with van der Waals surface area (Å²) >= 11 is 5.74. The number of esters is 1. The molecule has 0 spiro atoms. The van der Waals surface area contributed by atoms with Gasteiger partial charge in [0.15, 0.2) is 6.61 Å². The van der Waals surface area contributed by atoms with E-state index >= 15 is 0 Å². The molecule has 0 unspecified atom stereocenters. The molecule has 0 saturated heterocycles. The number of carbonyl (C=O) groups excluding carboxylic acids is 2. The lowest BCUT2D eigenvalue weighted by atomic mass is 10.2. The van der Waals surface area contributed by atoms with Gasteiger partial charge in [-0.3, -0.25) is 14.9 Å². The van der Waals surface area contributed by atoms with E-state index in [9.17, 15) is 24.1 Å². The van der Waals surface area contributed by atoms with Gasteiger partial charge in [0.05, 0.1) is 10.5 Å². The van der Waals surface area contributed by atoms with Gasteiger partial charge in [0, 0.05) is 11.1 Å². The molecule has 24 heavy (non-hydrogen) atoms. The molecule has 2 aromatic carbocycles. The van der Waals surface area contributed by atoms with Gasteiger partial charge in [0.1, 0.15) is 11.5 Å². The second kappa shape index (κ2) is 7.51. The maximum Gasteiger partial charge on any atom is 0.338 e. The molecule has 0 heterocycles. The lowest BCUT2D eigenvalue weighted by Crippen LogP contribution is -2.21. The monoisotopic (exact) mass is 352 g/mol. The Morgan fingerprint density at radius 2 is 1.88 bits per heavy atom. The van der Waals surface area contributed by atoms with Crippen molar-refractivity contribution in [2.45, 2.75) is 0 Å².